The first-order chi connectivity index (χ1) is 8.70. The number of nitrogens with zero attached hydrogens (tertiary/aromatic N) is 1. The largest absolute Gasteiger partial charge is 0.345 e. The first kappa shape index (κ1) is 12.3. The Morgan fingerprint density at radius 1 is 1.39 bits per heavy atom. The Kier molecular flexibility index (Phi) is 3.75. The van der Waals surface area contributed by atoms with Gasteiger partial charge in [-0.3, -0.25) is 4.79 Å². The highest BCUT2D eigenvalue weighted by Gasteiger charge is 2.12. The third-order valence-electron chi connectivity index (χ3n) is 2.61. The van der Waals surface area contributed by atoms with Gasteiger partial charge < -0.3 is 5.32 Å². The molecule has 0 aliphatic heterocycles. The zero-order valence-corrected chi connectivity index (χ0v) is 10.7. The number of nitriles is 1. The standard InChI is InChI=1S/C14H12N2OS/c1-10(12-5-2-4-11(8-12)9-15)16-14(17)13-6-3-7-18-13/h2-8,10H,1H3,(H,16,17)/t10-/m1/s1. The summed E-state index contributed by atoms with van der Waals surface area (Å²) in [7, 11) is 0. The smallest absolute Gasteiger partial charge is 0.261 e. The van der Waals surface area contributed by atoms with Crippen LogP contribution >= 0.6 is 11.3 Å². The lowest BCUT2D eigenvalue weighted by atomic mass is 10.1. The molecule has 0 unspecified atom stereocenters. The molecule has 1 aromatic carbocycles. The summed E-state index contributed by atoms with van der Waals surface area (Å²) in [6.45, 7) is 1.90. The molecule has 0 saturated heterocycles. The molecular weight excluding hydrogens is 244 g/mol. The van der Waals surface area contributed by atoms with Crippen LogP contribution in [0.3, 0.4) is 0 Å². The lowest BCUT2D eigenvalue weighted by Crippen LogP contribution is -2.25. The number of carbonyl (C=O) groups is 1. The van der Waals surface area contributed by atoms with Gasteiger partial charge in [0.1, 0.15) is 0 Å². The van der Waals surface area contributed by atoms with E-state index in [2.05, 4.69) is 11.4 Å². The van der Waals surface area contributed by atoms with E-state index in [-0.39, 0.29) is 11.9 Å². The van der Waals surface area contributed by atoms with Crippen LogP contribution in [0.2, 0.25) is 0 Å². The van der Waals surface area contributed by atoms with Gasteiger partial charge in [-0.15, -0.1) is 11.3 Å². The van der Waals surface area contributed by atoms with Crippen LogP contribution in [-0.4, -0.2) is 5.91 Å². The fourth-order valence-electron chi connectivity index (χ4n) is 1.64. The molecule has 3 nitrogen and oxygen atoms in total. The highest BCUT2D eigenvalue weighted by atomic mass is 32.1. The van der Waals surface area contributed by atoms with Crippen molar-refractivity contribution >= 4 is 17.2 Å². The van der Waals surface area contributed by atoms with Crippen molar-refractivity contribution in [1.29, 1.82) is 5.26 Å². The summed E-state index contributed by atoms with van der Waals surface area (Å²) in [4.78, 5) is 12.6. The van der Waals surface area contributed by atoms with Crippen LogP contribution in [0.4, 0.5) is 0 Å². The van der Waals surface area contributed by atoms with E-state index in [1.54, 1.807) is 18.2 Å². The molecule has 1 heterocycles. The Balaban J connectivity index is 2.10. The summed E-state index contributed by atoms with van der Waals surface area (Å²) < 4.78 is 0. The zero-order chi connectivity index (χ0) is 13.0. The first-order valence-electron chi connectivity index (χ1n) is 5.55. The summed E-state index contributed by atoms with van der Waals surface area (Å²) in [6, 6.07) is 12.9. The molecule has 1 atom stereocenters. The van der Waals surface area contributed by atoms with Crippen LogP contribution in [0.5, 0.6) is 0 Å². The van der Waals surface area contributed by atoms with Crippen molar-refractivity contribution in [3.05, 3.63) is 57.8 Å². The molecule has 1 N–H and O–H groups in total. The molecule has 4 heteroatoms. The van der Waals surface area contributed by atoms with E-state index < -0.39 is 0 Å². The van der Waals surface area contributed by atoms with Gasteiger partial charge in [0, 0.05) is 0 Å². The average molecular weight is 256 g/mol. The summed E-state index contributed by atoms with van der Waals surface area (Å²) in [6.07, 6.45) is 0. The maximum absolute atomic E-state index is 11.9. The summed E-state index contributed by atoms with van der Waals surface area (Å²) in [5, 5.41) is 13.6. The minimum atomic E-state index is -0.118. The molecule has 2 aromatic rings. The fourth-order valence-corrected chi connectivity index (χ4v) is 2.26. The molecule has 0 aliphatic carbocycles. The average Bonchev–Trinajstić information content (AvgIpc) is 2.92. The second-order valence-corrected chi connectivity index (χ2v) is 4.86. The van der Waals surface area contributed by atoms with Crippen molar-refractivity contribution in [3.8, 4) is 6.07 Å². The van der Waals surface area contributed by atoms with Crippen LogP contribution < -0.4 is 5.32 Å². The topological polar surface area (TPSA) is 52.9 Å². The van der Waals surface area contributed by atoms with E-state index in [1.807, 2.05) is 30.5 Å². The summed E-state index contributed by atoms with van der Waals surface area (Å²) in [5.74, 6) is -0.0835. The normalized spacial score (nSPS) is 11.6. The van der Waals surface area contributed by atoms with E-state index in [4.69, 9.17) is 5.26 Å². The molecule has 1 aromatic heterocycles. The Morgan fingerprint density at radius 3 is 2.89 bits per heavy atom. The van der Waals surface area contributed by atoms with Gasteiger partial charge in [0.05, 0.1) is 22.6 Å². The lowest BCUT2D eigenvalue weighted by molar-refractivity contribution is 0.0944. The van der Waals surface area contributed by atoms with Crippen molar-refractivity contribution in [3.63, 3.8) is 0 Å². The predicted molar refractivity (Wildman–Crippen MR) is 71.4 cm³/mol. The van der Waals surface area contributed by atoms with E-state index in [1.165, 1.54) is 11.3 Å². The van der Waals surface area contributed by atoms with E-state index in [9.17, 15) is 4.79 Å². The number of hydrogen-bond acceptors (Lipinski definition) is 3. The van der Waals surface area contributed by atoms with Crippen LogP contribution in [0, 0.1) is 11.3 Å². The van der Waals surface area contributed by atoms with Gasteiger partial charge in [0.15, 0.2) is 0 Å². The Bertz CT molecular complexity index is 584. The number of carbonyl (C=O) groups excluding carboxylic acids is 1. The van der Waals surface area contributed by atoms with Crippen LogP contribution in [0.15, 0.2) is 41.8 Å². The summed E-state index contributed by atoms with van der Waals surface area (Å²) in [5.41, 5.74) is 1.53. The molecule has 2 rings (SSSR count). The molecule has 0 radical (unpaired) electrons. The lowest BCUT2D eigenvalue weighted by Gasteiger charge is -2.13. The second kappa shape index (κ2) is 5.48. The highest BCUT2D eigenvalue weighted by molar-refractivity contribution is 7.12. The molecule has 0 saturated carbocycles. The predicted octanol–water partition coefficient (Wildman–Crippen LogP) is 3.11. The Morgan fingerprint density at radius 2 is 2.22 bits per heavy atom. The zero-order valence-electron chi connectivity index (χ0n) is 9.88. The molecule has 0 fully saturated rings. The number of rotatable bonds is 3. The van der Waals surface area contributed by atoms with Gasteiger partial charge in [-0.1, -0.05) is 18.2 Å². The van der Waals surface area contributed by atoms with Gasteiger partial charge in [0.2, 0.25) is 0 Å². The van der Waals surface area contributed by atoms with Crippen molar-refractivity contribution in [2.24, 2.45) is 0 Å². The maximum atomic E-state index is 11.9. The molecule has 18 heavy (non-hydrogen) atoms. The number of nitrogens with one attached hydrogen (secondary N) is 1. The van der Waals surface area contributed by atoms with Gasteiger partial charge >= 0.3 is 0 Å². The second-order valence-electron chi connectivity index (χ2n) is 3.91. The van der Waals surface area contributed by atoms with Crippen molar-refractivity contribution in [2.45, 2.75) is 13.0 Å². The Hall–Kier alpha value is -2.12. The Labute approximate surface area is 110 Å². The molecular formula is C14H12N2OS. The molecule has 1 amide bonds. The third kappa shape index (κ3) is 2.76. The quantitative estimate of drug-likeness (QED) is 0.917. The molecule has 0 aliphatic rings. The van der Waals surface area contributed by atoms with Crippen molar-refractivity contribution in [1.82, 2.24) is 5.32 Å². The number of amides is 1. The number of benzene rings is 1. The molecule has 90 valence electrons. The number of thiophene rings is 1. The van der Waals surface area contributed by atoms with Gasteiger partial charge in [-0.2, -0.15) is 5.26 Å². The number of hydrogen-bond donors (Lipinski definition) is 1. The van der Waals surface area contributed by atoms with Crippen molar-refractivity contribution < 1.29 is 4.79 Å². The first-order valence-corrected chi connectivity index (χ1v) is 6.43. The molecule has 0 bridgehead atoms. The fraction of sp³-hybridized carbons (Fsp3) is 0.143. The molecule has 0 spiro atoms. The van der Waals surface area contributed by atoms with E-state index >= 15 is 0 Å². The highest BCUT2D eigenvalue weighted by Crippen LogP contribution is 2.16. The third-order valence-corrected chi connectivity index (χ3v) is 3.48. The minimum Gasteiger partial charge on any atom is -0.345 e. The van der Waals surface area contributed by atoms with Crippen molar-refractivity contribution in [2.75, 3.05) is 0 Å². The van der Waals surface area contributed by atoms with Gasteiger partial charge in [0.25, 0.3) is 5.91 Å². The van der Waals surface area contributed by atoms with Crippen LogP contribution in [0.1, 0.15) is 33.8 Å². The van der Waals surface area contributed by atoms with Crippen LogP contribution in [-0.2, 0) is 0 Å². The maximum Gasteiger partial charge on any atom is 0.261 e. The van der Waals surface area contributed by atoms with E-state index in [0.29, 0.717) is 10.4 Å². The minimum absolute atomic E-state index is 0.0835. The van der Waals surface area contributed by atoms with Crippen LogP contribution in [0.25, 0.3) is 0 Å². The SMILES string of the molecule is C[C@@H](NC(=O)c1cccs1)c1cccc(C#N)c1. The van der Waals surface area contributed by atoms with Gasteiger partial charge in [-0.05, 0) is 36.1 Å². The monoisotopic (exact) mass is 256 g/mol. The summed E-state index contributed by atoms with van der Waals surface area (Å²) >= 11 is 1.41. The van der Waals surface area contributed by atoms with Gasteiger partial charge in [-0.25, -0.2) is 0 Å². The van der Waals surface area contributed by atoms with E-state index in [0.717, 1.165) is 5.56 Å².